The molecule has 0 bridgehead atoms. The predicted molar refractivity (Wildman–Crippen MR) is 68.1 cm³/mol. The standard InChI is InChI=1S/C9H12BrNO4S2/c1-14-8-7(10)6-16-9(8)17(12,13)11-2-4-15-5-3-11/h6H,2-5H2,1H3. The molecule has 0 saturated carbocycles. The normalized spacial score (nSPS) is 18.2. The molecule has 0 radical (unpaired) electrons. The highest BCUT2D eigenvalue weighted by atomic mass is 79.9. The third kappa shape index (κ3) is 2.50. The minimum atomic E-state index is -3.47. The van der Waals surface area contributed by atoms with Crippen LogP contribution in [0.3, 0.4) is 0 Å². The molecule has 8 heteroatoms. The van der Waals surface area contributed by atoms with Crippen LogP contribution in [0.1, 0.15) is 0 Å². The lowest BCUT2D eigenvalue weighted by Gasteiger charge is -2.25. The number of rotatable bonds is 3. The number of sulfonamides is 1. The molecular weight excluding hydrogens is 330 g/mol. The van der Waals surface area contributed by atoms with Gasteiger partial charge in [0.15, 0.2) is 9.96 Å². The summed E-state index contributed by atoms with van der Waals surface area (Å²) in [6.45, 7) is 1.66. The van der Waals surface area contributed by atoms with Crippen LogP contribution in [0.4, 0.5) is 0 Å². The van der Waals surface area contributed by atoms with Gasteiger partial charge in [0.05, 0.1) is 24.8 Å². The highest BCUT2D eigenvalue weighted by molar-refractivity contribution is 9.10. The van der Waals surface area contributed by atoms with Crippen molar-refractivity contribution in [2.75, 3.05) is 33.4 Å². The van der Waals surface area contributed by atoms with Gasteiger partial charge in [-0.15, -0.1) is 11.3 Å². The number of methoxy groups -OCH3 is 1. The van der Waals surface area contributed by atoms with Crippen molar-refractivity contribution in [1.82, 2.24) is 4.31 Å². The van der Waals surface area contributed by atoms with Gasteiger partial charge in [-0.2, -0.15) is 4.31 Å². The van der Waals surface area contributed by atoms with E-state index in [0.717, 1.165) is 11.3 Å². The summed E-state index contributed by atoms with van der Waals surface area (Å²) < 4.78 is 37.3. The molecule has 2 rings (SSSR count). The monoisotopic (exact) mass is 341 g/mol. The first-order chi connectivity index (χ1) is 8.07. The summed E-state index contributed by atoms with van der Waals surface area (Å²) >= 11 is 4.43. The maximum absolute atomic E-state index is 12.4. The molecule has 96 valence electrons. The average Bonchev–Trinajstić information content (AvgIpc) is 2.72. The second-order valence-corrected chi connectivity index (χ2v) is 7.29. The molecule has 0 aliphatic carbocycles. The fourth-order valence-electron chi connectivity index (χ4n) is 1.57. The highest BCUT2D eigenvalue weighted by Gasteiger charge is 2.31. The van der Waals surface area contributed by atoms with Crippen molar-refractivity contribution in [3.05, 3.63) is 9.85 Å². The number of hydrogen-bond donors (Lipinski definition) is 0. The molecule has 0 amide bonds. The Morgan fingerprint density at radius 1 is 1.47 bits per heavy atom. The van der Waals surface area contributed by atoms with E-state index in [1.807, 2.05) is 0 Å². The molecule has 0 atom stereocenters. The highest BCUT2D eigenvalue weighted by Crippen LogP contribution is 2.39. The van der Waals surface area contributed by atoms with Crippen molar-refractivity contribution >= 4 is 37.3 Å². The van der Waals surface area contributed by atoms with E-state index < -0.39 is 10.0 Å². The van der Waals surface area contributed by atoms with E-state index in [-0.39, 0.29) is 4.21 Å². The van der Waals surface area contributed by atoms with E-state index in [1.165, 1.54) is 11.4 Å². The van der Waals surface area contributed by atoms with Gasteiger partial charge in [-0.1, -0.05) is 0 Å². The van der Waals surface area contributed by atoms with Gasteiger partial charge in [0.2, 0.25) is 0 Å². The molecular formula is C9H12BrNO4S2. The molecule has 17 heavy (non-hydrogen) atoms. The Kier molecular flexibility index (Phi) is 4.09. The first-order valence-electron chi connectivity index (χ1n) is 4.96. The minimum absolute atomic E-state index is 0.244. The topological polar surface area (TPSA) is 55.8 Å². The van der Waals surface area contributed by atoms with Gasteiger partial charge >= 0.3 is 0 Å². The Balaban J connectivity index is 2.36. The molecule has 0 N–H and O–H groups in total. The molecule has 0 spiro atoms. The van der Waals surface area contributed by atoms with Crippen molar-refractivity contribution in [1.29, 1.82) is 0 Å². The van der Waals surface area contributed by atoms with Crippen LogP contribution in [0.2, 0.25) is 0 Å². The quantitative estimate of drug-likeness (QED) is 0.836. The van der Waals surface area contributed by atoms with Gasteiger partial charge in [0, 0.05) is 18.5 Å². The zero-order chi connectivity index (χ0) is 12.5. The largest absolute Gasteiger partial charge is 0.493 e. The van der Waals surface area contributed by atoms with Crippen molar-refractivity contribution in [2.24, 2.45) is 0 Å². The molecule has 0 unspecified atom stereocenters. The van der Waals surface area contributed by atoms with E-state index >= 15 is 0 Å². The number of nitrogens with zero attached hydrogens (tertiary/aromatic N) is 1. The maximum atomic E-state index is 12.4. The van der Waals surface area contributed by atoms with E-state index in [2.05, 4.69) is 15.9 Å². The van der Waals surface area contributed by atoms with E-state index in [0.29, 0.717) is 36.5 Å². The van der Waals surface area contributed by atoms with Crippen molar-refractivity contribution in [2.45, 2.75) is 4.21 Å². The molecule has 1 aliphatic rings. The summed E-state index contributed by atoms with van der Waals surface area (Å²) in [6, 6.07) is 0. The van der Waals surface area contributed by atoms with Crippen LogP contribution in [-0.2, 0) is 14.8 Å². The third-order valence-electron chi connectivity index (χ3n) is 2.42. The second kappa shape index (κ2) is 5.23. The van der Waals surface area contributed by atoms with Gasteiger partial charge in [0.1, 0.15) is 0 Å². The predicted octanol–water partition coefficient (Wildman–Crippen LogP) is 1.54. The first kappa shape index (κ1) is 13.3. The molecule has 1 aromatic heterocycles. The lowest BCUT2D eigenvalue weighted by atomic mass is 10.5. The van der Waals surface area contributed by atoms with Crippen LogP contribution < -0.4 is 4.74 Å². The van der Waals surface area contributed by atoms with Crippen LogP contribution in [0, 0.1) is 0 Å². The Morgan fingerprint density at radius 3 is 2.71 bits per heavy atom. The van der Waals surface area contributed by atoms with E-state index in [9.17, 15) is 8.42 Å². The number of halogens is 1. The van der Waals surface area contributed by atoms with Crippen LogP contribution in [0.25, 0.3) is 0 Å². The summed E-state index contributed by atoms with van der Waals surface area (Å²) in [5, 5.41) is 1.71. The summed E-state index contributed by atoms with van der Waals surface area (Å²) in [6.07, 6.45) is 0. The Bertz CT molecular complexity index is 493. The summed E-state index contributed by atoms with van der Waals surface area (Å²) in [7, 11) is -2.00. The zero-order valence-corrected chi connectivity index (χ0v) is 12.4. The minimum Gasteiger partial charge on any atom is -0.493 e. The maximum Gasteiger partial charge on any atom is 0.256 e. The van der Waals surface area contributed by atoms with Crippen molar-refractivity contribution in [3.8, 4) is 5.75 Å². The Hall–Kier alpha value is -0.150. The summed E-state index contributed by atoms with van der Waals surface area (Å²) in [4.78, 5) is 0. The summed E-state index contributed by atoms with van der Waals surface area (Å²) in [5.41, 5.74) is 0. The van der Waals surface area contributed by atoms with Gasteiger partial charge in [0.25, 0.3) is 10.0 Å². The van der Waals surface area contributed by atoms with E-state index in [4.69, 9.17) is 9.47 Å². The molecule has 1 aromatic rings. The molecule has 0 aromatic carbocycles. The van der Waals surface area contributed by atoms with Gasteiger partial charge in [-0.25, -0.2) is 8.42 Å². The lowest BCUT2D eigenvalue weighted by molar-refractivity contribution is 0.0730. The molecule has 1 fully saturated rings. The second-order valence-electron chi connectivity index (χ2n) is 3.42. The number of thiophene rings is 1. The van der Waals surface area contributed by atoms with Crippen molar-refractivity contribution in [3.63, 3.8) is 0 Å². The third-order valence-corrected chi connectivity index (χ3v) is 6.68. The van der Waals surface area contributed by atoms with Gasteiger partial charge in [-0.05, 0) is 15.9 Å². The van der Waals surface area contributed by atoms with Crippen LogP contribution in [-0.4, -0.2) is 46.1 Å². The van der Waals surface area contributed by atoms with Crippen molar-refractivity contribution < 1.29 is 17.9 Å². The van der Waals surface area contributed by atoms with Crippen LogP contribution in [0.15, 0.2) is 14.1 Å². The van der Waals surface area contributed by atoms with Gasteiger partial charge < -0.3 is 9.47 Å². The van der Waals surface area contributed by atoms with Crippen LogP contribution >= 0.6 is 27.3 Å². The lowest BCUT2D eigenvalue weighted by Crippen LogP contribution is -2.40. The summed E-state index contributed by atoms with van der Waals surface area (Å²) in [5.74, 6) is 0.376. The number of hydrogen-bond acceptors (Lipinski definition) is 5. The fraction of sp³-hybridized carbons (Fsp3) is 0.556. The molecule has 2 heterocycles. The average molecular weight is 342 g/mol. The number of morpholine rings is 1. The first-order valence-corrected chi connectivity index (χ1v) is 8.07. The SMILES string of the molecule is COc1c(Br)csc1S(=O)(=O)N1CCOCC1. The molecule has 5 nitrogen and oxygen atoms in total. The number of ether oxygens (including phenoxy) is 2. The van der Waals surface area contributed by atoms with Gasteiger partial charge in [-0.3, -0.25) is 0 Å². The zero-order valence-electron chi connectivity index (χ0n) is 9.18. The van der Waals surface area contributed by atoms with Crippen LogP contribution in [0.5, 0.6) is 5.75 Å². The Morgan fingerprint density at radius 2 is 2.12 bits per heavy atom. The smallest absolute Gasteiger partial charge is 0.256 e. The Labute approximate surface area is 113 Å². The fourth-order valence-corrected chi connectivity index (χ4v) is 5.33. The molecule has 1 saturated heterocycles. The van der Waals surface area contributed by atoms with E-state index in [1.54, 1.807) is 5.38 Å². The molecule has 1 aliphatic heterocycles.